The van der Waals surface area contributed by atoms with Crippen LogP contribution in [0.5, 0.6) is 0 Å². The molecule has 0 bridgehead atoms. The highest BCUT2D eigenvalue weighted by Gasteiger charge is 2.00. The third-order valence-corrected chi connectivity index (χ3v) is 2.61. The fraction of sp³-hybridized carbons (Fsp3) is 0. The third-order valence-electron chi connectivity index (χ3n) is 2.25. The van der Waals surface area contributed by atoms with Crippen molar-refractivity contribution in [3.05, 3.63) is 48.5 Å². The summed E-state index contributed by atoms with van der Waals surface area (Å²) in [4.78, 5) is 4.73. The van der Waals surface area contributed by atoms with Gasteiger partial charge in [-0.15, -0.1) is 12.6 Å². The molecule has 0 fully saturated rings. The molecular weight excluding hydrogens is 202 g/mol. The molecule has 2 rings (SSSR count). The summed E-state index contributed by atoms with van der Waals surface area (Å²) in [7, 11) is 0. The first kappa shape index (κ1) is 9.99. The van der Waals surface area contributed by atoms with Crippen LogP contribution < -0.4 is 0 Å². The number of aliphatic imine (C=N–C) groups is 1. The molecule has 0 atom stereocenters. The van der Waals surface area contributed by atoms with E-state index in [-0.39, 0.29) is 0 Å². The Morgan fingerprint density at radius 3 is 2.27 bits per heavy atom. The van der Waals surface area contributed by atoms with Gasteiger partial charge in [0.2, 0.25) is 0 Å². The molecule has 0 aromatic heterocycles. The molecule has 0 N–H and O–H groups in total. The summed E-state index contributed by atoms with van der Waals surface area (Å²) in [5, 5.41) is 0. The Morgan fingerprint density at radius 1 is 0.933 bits per heavy atom. The second kappa shape index (κ2) is 4.32. The van der Waals surface area contributed by atoms with Gasteiger partial charge in [-0.3, -0.25) is 4.99 Å². The maximum absolute atomic E-state index is 4.36. The maximum atomic E-state index is 4.36. The fourth-order valence-corrected chi connectivity index (χ4v) is 1.75. The van der Waals surface area contributed by atoms with Crippen molar-refractivity contribution >= 4 is 25.0 Å². The van der Waals surface area contributed by atoms with Crippen LogP contribution in [-0.4, -0.2) is 6.72 Å². The zero-order chi connectivity index (χ0) is 10.7. The molecule has 0 aliphatic heterocycles. The minimum absolute atomic E-state index is 0.818. The Morgan fingerprint density at radius 2 is 1.67 bits per heavy atom. The molecule has 0 radical (unpaired) electrons. The molecule has 1 nitrogen and oxygen atoms in total. The van der Waals surface area contributed by atoms with Crippen LogP contribution in [0.4, 0.5) is 5.69 Å². The van der Waals surface area contributed by atoms with Gasteiger partial charge in [0.15, 0.2) is 0 Å². The van der Waals surface area contributed by atoms with Crippen LogP contribution in [0.3, 0.4) is 0 Å². The summed E-state index contributed by atoms with van der Waals surface area (Å²) in [6.07, 6.45) is 0. The molecule has 0 amide bonds. The molecule has 74 valence electrons. The lowest BCUT2D eigenvalue weighted by Crippen LogP contribution is -1.77. The lowest BCUT2D eigenvalue weighted by molar-refractivity contribution is 1.39. The summed E-state index contributed by atoms with van der Waals surface area (Å²) in [6, 6.07) is 16.2. The van der Waals surface area contributed by atoms with Gasteiger partial charge in [0, 0.05) is 4.90 Å². The Balaban J connectivity index is 2.47. The van der Waals surface area contributed by atoms with Crippen LogP contribution in [0.1, 0.15) is 0 Å². The van der Waals surface area contributed by atoms with E-state index in [1.165, 1.54) is 5.56 Å². The Labute approximate surface area is 94.9 Å². The van der Waals surface area contributed by atoms with Gasteiger partial charge in [-0.05, 0) is 30.0 Å². The monoisotopic (exact) mass is 213 g/mol. The second-order valence-electron chi connectivity index (χ2n) is 3.23. The predicted octanol–water partition coefficient (Wildman–Crippen LogP) is 3.97. The Hall–Kier alpha value is -1.54. The number of benzene rings is 2. The van der Waals surface area contributed by atoms with Crippen LogP contribution in [0.25, 0.3) is 11.1 Å². The van der Waals surface area contributed by atoms with Crippen molar-refractivity contribution in [2.45, 2.75) is 4.90 Å². The van der Waals surface area contributed by atoms with Crippen LogP contribution in [-0.2, 0) is 0 Å². The number of hydrogen-bond donors (Lipinski definition) is 1. The SMILES string of the molecule is C=Nc1ccc(-c2ccccc2)cc1S. The van der Waals surface area contributed by atoms with Gasteiger partial charge in [-0.25, -0.2) is 0 Å². The van der Waals surface area contributed by atoms with Crippen LogP contribution in [0, 0.1) is 0 Å². The average Bonchev–Trinajstić information content (AvgIpc) is 2.30. The second-order valence-corrected chi connectivity index (χ2v) is 3.71. The number of nitrogens with zero attached hydrogens (tertiary/aromatic N) is 1. The largest absolute Gasteiger partial charge is 0.264 e. The third kappa shape index (κ3) is 2.10. The molecule has 15 heavy (non-hydrogen) atoms. The molecular formula is C13H11NS. The molecule has 2 aromatic carbocycles. The number of thiol groups is 1. The van der Waals surface area contributed by atoms with Crippen molar-refractivity contribution in [1.29, 1.82) is 0 Å². The highest BCUT2D eigenvalue weighted by atomic mass is 32.1. The van der Waals surface area contributed by atoms with E-state index in [0.29, 0.717) is 0 Å². The fourth-order valence-electron chi connectivity index (χ4n) is 1.47. The first-order valence-electron chi connectivity index (χ1n) is 4.66. The van der Waals surface area contributed by atoms with Crippen molar-refractivity contribution in [2.24, 2.45) is 4.99 Å². The zero-order valence-electron chi connectivity index (χ0n) is 8.22. The Kier molecular flexibility index (Phi) is 2.88. The Bertz CT molecular complexity index is 477. The van der Waals surface area contributed by atoms with Gasteiger partial charge in [-0.2, -0.15) is 0 Å². The lowest BCUT2D eigenvalue weighted by Gasteiger charge is -2.04. The minimum atomic E-state index is 0.818. The highest BCUT2D eigenvalue weighted by Crippen LogP contribution is 2.28. The molecule has 0 spiro atoms. The number of rotatable bonds is 2. The number of hydrogen-bond acceptors (Lipinski definition) is 2. The first-order valence-corrected chi connectivity index (χ1v) is 5.11. The molecule has 0 saturated carbocycles. The molecule has 0 unspecified atom stereocenters. The van der Waals surface area contributed by atoms with E-state index in [4.69, 9.17) is 0 Å². The van der Waals surface area contributed by atoms with Crippen LogP contribution in [0.15, 0.2) is 58.4 Å². The predicted molar refractivity (Wildman–Crippen MR) is 68.3 cm³/mol. The van der Waals surface area contributed by atoms with Crippen molar-refractivity contribution in [2.75, 3.05) is 0 Å². The first-order chi connectivity index (χ1) is 7.31. The van der Waals surface area contributed by atoms with Crippen LogP contribution >= 0.6 is 12.6 Å². The molecule has 0 heterocycles. The van der Waals surface area contributed by atoms with E-state index in [1.807, 2.05) is 36.4 Å². The van der Waals surface area contributed by atoms with E-state index in [9.17, 15) is 0 Å². The molecule has 2 heteroatoms. The zero-order valence-corrected chi connectivity index (χ0v) is 9.11. The highest BCUT2D eigenvalue weighted by molar-refractivity contribution is 7.80. The van der Waals surface area contributed by atoms with Gasteiger partial charge in [0.1, 0.15) is 0 Å². The average molecular weight is 213 g/mol. The van der Waals surface area contributed by atoms with E-state index in [2.05, 4.69) is 36.5 Å². The lowest BCUT2D eigenvalue weighted by atomic mass is 10.1. The summed E-state index contributed by atoms with van der Waals surface area (Å²) < 4.78 is 0. The van der Waals surface area contributed by atoms with Crippen molar-refractivity contribution < 1.29 is 0 Å². The quantitative estimate of drug-likeness (QED) is 0.572. The summed E-state index contributed by atoms with van der Waals surface area (Å²) in [5.74, 6) is 0. The van der Waals surface area contributed by atoms with Crippen LogP contribution in [0.2, 0.25) is 0 Å². The standard InChI is InChI=1S/C13H11NS/c1-14-12-8-7-11(9-13(12)15)10-5-3-2-4-6-10/h2-9,15H,1H2. The van der Waals surface area contributed by atoms with Gasteiger partial charge in [-0.1, -0.05) is 36.4 Å². The van der Waals surface area contributed by atoms with Gasteiger partial charge < -0.3 is 0 Å². The molecule has 0 saturated heterocycles. The molecule has 2 aromatic rings. The van der Waals surface area contributed by atoms with Gasteiger partial charge >= 0.3 is 0 Å². The van der Waals surface area contributed by atoms with Crippen molar-refractivity contribution in [1.82, 2.24) is 0 Å². The van der Waals surface area contributed by atoms with Crippen molar-refractivity contribution in [3.8, 4) is 11.1 Å². The van der Waals surface area contributed by atoms with Crippen molar-refractivity contribution in [3.63, 3.8) is 0 Å². The molecule has 0 aliphatic carbocycles. The molecule has 0 aliphatic rings. The van der Waals surface area contributed by atoms with E-state index < -0.39 is 0 Å². The van der Waals surface area contributed by atoms with Gasteiger partial charge in [0.05, 0.1) is 5.69 Å². The van der Waals surface area contributed by atoms with Gasteiger partial charge in [0.25, 0.3) is 0 Å². The summed E-state index contributed by atoms with van der Waals surface area (Å²) in [5.41, 5.74) is 3.15. The maximum Gasteiger partial charge on any atom is 0.0755 e. The summed E-state index contributed by atoms with van der Waals surface area (Å²) >= 11 is 4.36. The summed E-state index contributed by atoms with van der Waals surface area (Å²) in [6.45, 7) is 3.50. The van der Waals surface area contributed by atoms with E-state index in [0.717, 1.165) is 16.1 Å². The minimum Gasteiger partial charge on any atom is -0.264 e. The van der Waals surface area contributed by atoms with E-state index >= 15 is 0 Å². The van der Waals surface area contributed by atoms with E-state index in [1.54, 1.807) is 0 Å². The topological polar surface area (TPSA) is 12.4 Å². The normalized spacial score (nSPS) is 9.93. The smallest absolute Gasteiger partial charge is 0.0755 e.